The Morgan fingerprint density at radius 3 is 2.00 bits per heavy atom. The molecule has 0 bridgehead atoms. The van der Waals surface area contributed by atoms with Crippen LogP contribution >= 0.6 is 0 Å². The summed E-state index contributed by atoms with van der Waals surface area (Å²) in [4.78, 5) is 22.9. The molecule has 19 heavy (non-hydrogen) atoms. The van der Waals surface area contributed by atoms with E-state index in [1.54, 1.807) is 0 Å². The molecule has 0 radical (unpaired) electrons. The Morgan fingerprint density at radius 2 is 1.63 bits per heavy atom. The van der Waals surface area contributed by atoms with Crippen LogP contribution in [0.4, 0.5) is 0 Å². The highest BCUT2D eigenvalue weighted by Gasteiger charge is 2.34. The van der Waals surface area contributed by atoms with E-state index in [9.17, 15) is 9.59 Å². The van der Waals surface area contributed by atoms with Gasteiger partial charge in [-0.25, -0.2) is 0 Å². The molecular weight excluding hydrogens is 242 g/mol. The maximum Gasteiger partial charge on any atom is 0.302 e. The molecule has 0 aromatic heterocycles. The minimum atomic E-state index is -0.323. The molecule has 1 amide bonds. The molecule has 1 N–H and O–H groups in total. The predicted molar refractivity (Wildman–Crippen MR) is 76.7 cm³/mol. The van der Waals surface area contributed by atoms with E-state index in [2.05, 4.69) is 46.9 Å². The van der Waals surface area contributed by atoms with Crippen molar-refractivity contribution in [3.8, 4) is 0 Å². The Labute approximate surface area is 117 Å². The van der Waals surface area contributed by atoms with Gasteiger partial charge in [0.15, 0.2) is 0 Å². The van der Waals surface area contributed by atoms with Crippen LogP contribution in [-0.4, -0.2) is 25.0 Å². The summed E-state index contributed by atoms with van der Waals surface area (Å²) in [6, 6.07) is 0. The average molecular weight is 271 g/mol. The molecule has 0 aliphatic heterocycles. The zero-order valence-electron chi connectivity index (χ0n) is 13.4. The Balaban J connectivity index is 4.45. The van der Waals surface area contributed by atoms with E-state index in [1.165, 1.54) is 6.92 Å². The fourth-order valence-corrected chi connectivity index (χ4v) is 1.90. The molecule has 0 spiro atoms. The number of hydrogen-bond donors (Lipinski definition) is 1. The Bertz CT molecular complexity index is 310. The van der Waals surface area contributed by atoms with E-state index in [1.807, 2.05) is 0 Å². The van der Waals surface area contributed by atoms with E-state index in [-0.39, 0.29) is 35.2 Å². The van der Waals surface area contributed by atoms with Crippen molar-refractivity contribution in [1.29, 1.82) is 0 Å². The fraction of sp³-hybridized carbons (Fsp3) is 0.867. The Hall–Kier alpha value is -1.06. The summed E-state index contributed by atoms with van der Waals surface area (Å²) >= 11 is 0. The first-order chi connectivity index (χ1) is 8.43. The normalized spacial score (nSPS) is 13.8. The van der Waals surface area contributed by atoms with E-state index < -0.39 is 0 Å². The Kier molecular flexibility index (Phi) is 6.53. The maximum absolute atomic E-state index is 12.3. The lowest BCUT2D eigenvalue weighted by Crippen LogP contribution is -2.41. The van der Waals surface area contributed by atoms with Gasteiger partial charge in [-0.1, -0.05) is 41.5 Å². The Morgan fingerprint density at radius 1 is 1.11 bits per heavy atom. The zero-order valence-corrected chi connectivity index (χ0v) is 13.4. The number of hydrogen-bond acceptors (Lipinski definition) is 3. The predicted octanol–water partition coefficient (Wildman–Crippen LogP) is 2.76. The van der Waals surface area contributed by atoms with Crippen molar-refractivity contribution in [2.75, 3.05) is 13.2 Å². The number of carbonyl (C=O) groups is 2. The van der Waals surface area contributed by atoms with Crippen molar-refractivity contribution in [2.45, 2.75) is 54.9 Å². The minimum Gasteiger partial charge on any atom is -0.464 e. The number of ether oxygens (including phenoxy) is 1. The summed E-state index contributed by atoms with van der Waals surface area (Å²) in [5, 5.41) is 2.85. The standard InChI is InChI=1S/C15H29NO3/c1-11(17)19-9-8-16-13(18)12(15(5,6)7)10-14(2,3)4/h12H,8-10H2,1-7H3,(H,16,18). The SMILES string of the molecule is CC(=O)OCCNC(=O)C(CC(C)(C)C)C(C)(C)C. The summed E-state index contributed by atoms with van der Waals surface area (Å²) in [7, 11) is 0. The quantitative estimate of drug-likeness (QED) is 0.618. The highest BCUT2D eigenvalue weighted by Crippen LogP contribution is 2.35. The zero-order chi connectivity index (χ0) is 15.3. The summed E-state index contributed by atoms with van der Waals surface area (Å²) < 4.78 is 4.80. The van der Waals surface area contributed by atoms with Crippen molar-refractivity contribution in [2.24, 2.45) is 16.7 Å². The highest BCUT2D eigenvalue weighted by molar-refractivity contribution is 5.79. The number of rotatable bonds is 5. The number of nitrogens with one attached hydrogen (secondary N) is 1. The van der Waals surface area contributed by atoms with Crippen molar-refractivity contribution in [3.05, 3.63) is 0 Å². The lowest BCUT2D eigenvalue weighted by Gasteiger charge is -2.34. The number of esters is 1. The van der Waals surface area contributed by atoms with Gasteiger partial charge in [-0.15, -0.1) is 0 Å². The number of carbonyl (C=O) groups excluding carboxylic acids is 2. The molecule has 112 valence electrons. The van der Waals surface area contributed by atoms with Crippen LogP contribution in [0.25, 0.3) is 0 Å². The molecule has 0 saturated carbocycles. The van der Waals surface area contributed by atoms with Gasteiger partial charge in [0.1, 0.15) is 6.61 Å². The van der Waals surface area contributed by atoms with Crippen LogP contribution in [0.3, 0.4) is 0 Å². The molecule has 1 atom stereocenters. The third kappa shape index (κ3) is 8.62. The maximum atomic E-state index is 12.3. The second kappa shape index (κ2) is 6.92. The molecule has 0 aliphatic carbocycles. The summed E-state index contributed by atoms with van der Waals surface area (Å²) in [5.74, 6) is -0.337. The highest BCUT2D eigenvalue weighted by atomic mass is 16.5. The van der Waals surface area contributed by atoms with Gasteiger partial charge >= 0.3 is 5.97 Å². The van der Waals surface area contributed by atoms with Crippen molar-refractivity contribution in [3.63, 3.8) is 0 Å². The first-order valence-corrected chi connectivity index (χ1v) is 6.84. The van der Waals surface area contributed by atoms with E-state index in [0.29, 0.717) is 6.54 Å². The van der Waals surface area contributed by atoms with Crippen molar-refractivity contribution >= 4 is 11.9 Å². The van der Waals surface area contributed by atoms with Crippen LogP contribution in [0.15, 0.2) is 0 Å². The van der Waals surface area contributed by atoms with Crippen LogP contribution in [0.2, 0.25) is 0 Å². The molecule has 0 aromatic carbocycles. The molecule has 4 nitrogen and oxygen atoms in total. The summed E-state index contributed by atoms with van der Waals surface area (Å²) in [6.07, 6.45) is 0.829. The van der Waals surface area contributed by atoms with Gasteiger partial charge in [0.2, 0.25) is 5.91 Å². The lowest BCUT2D eigenvalue weighted by molar-refractivity contribution is -0.141. The molecule has 1 unspecified atom stereocenters. The molecule has 0 heterocycles. The molecule has 0 aromatic rings. The van der Waals surface area contributed by atoms with Crippen LogP contribution in [0.5, 0.6) is 0 Å². The molecule has 0 fully saturated rings. The molecule has 4 heteroatoms. The minimum absolute atomic E-state index is 0.0366. The van der Waals surface area contributed by atoms with E-state index in [0.717, 1.165) is 6.42 Å². The van der Waals surface area contributed by atoms with E-state index in [4.69, 9.17) is 4.74 Å². The smallest absolute Gasteiger partial charge is 0.302 e. The van der Waals surface area contributed by atoms with Crippen molar-refractivity contribution in [1.82, 2.24) is 5.32 Å². The molecule has 0 rings (SSSR count). The first-order valence-electron chi connectivity index (χ1n) is 6.84. The second-order valence-electron chi connectivity index (χ2n) is 7.31. The monoisotopic (exact) mass is 271 g/mol. The summed E-state index contributed by atoms with van der Waals surface area (Å²) in [5.41, 5.74) is 0.0178. The van der Waals surface area contributed by atoms with Gasteiger partial charge in [-0.2, -0.15) is 0 Å². The van der Waals surface area contributed by atoms with E-state index >= 15 is 0 Å². The van der Waals surface area contributed by atoms with Gasteiger partial charge in [-0.3, -0.25) is 9.59 Å². The van der Waals surface area contributed by atoms with Gasteiger partial charge in [0.25, 0.3) is 0 Å². The van der Waals surface area contributed by atoms with Gasteiger partial charge < -0.3 is 10.1 Å². The molecule has 0 saturated heterocycles. The molecule has 0 aliphatic rings. The summed E-state index contributed by atoms with van der Waals surface area (Å²) in [6.45, 7) is 14.6. The fourth-order valence-electron chi connectivity index (χ4n) is 1.90. The van der Waals surface area contributed by atoms with Crippen LogP contribution in [-0.2, 0) is 14.3 Å². The second-order valence-corrected chi connectivity index (χ2v) is 7.31. The number of amides is 1. The third-order valence-electron chi connectivity index (χ3n) is 2.88. The van der Waals surface area contributed by atoms with Crippen molar-refractivity contribution < 1.29 is 14.3 Å². The van der Waals surface area contributed by atoms with Gasteiger partial charge in [0.05, 0.1) is 6.54 Å². The third-order valence-corrected chi connectivity index (χ3v) is 2.88. The van der Waals surface area contributed by atoms with Crippen LogP contribution in [0, 0.1) is 16.7 Å². The van der Waals surface area contributed by atoms with Crippen LogP contribution in [0.1, 0.15) is 54.9 Å². The largest absolute Gasteiger partial charge is 0.464 e. The van der Waals surface area contributed by atoms with Gasteiger partial charge in [0, 0.05) is 12.8 Å². The molecular formula is C15H29NO3. The van der Waals surface area contributed by atoms with Crippen LogP contribution < -0.4 is 5.32 Å². The average Bonchev–Trinajstić information content (AvgIpc) is 2.17. The first kappa shape index (κ1) is 17.9. The topological polar surface area (TPSA) is 55.4 Å². The lowest BCUT2D eigenvalue weighted by atomic mass is 9.72. The van der Waals surface area contributed by atoms with Gasteiger partial charge in [-0.05, 0) is 17.3 Å².